The Bertz CT molecular complexity index is 120. The van der Waals surface area contributed by atoms with Crippen molar-refractivity contribution in [3.8, 4) is 0 Å². The van der Waals surface area contributed by atoms with Gasteiger partial charge >= 0.3 is 0 Å². The second-order valence-corrected chi connectivity index (χ2v) is 2.02. The summed E-state index contributed by atoms with van der Waals surface area (Å²) in [5.41, 5.74) is 0. The summed E-state index contributed by atoms with van der Waals surface area (Å²) in [6, 6.07) is 0. The minimum absolute atomic E-state index is 0.499. The fraction of sp³-hybridized carbons (Fsp3) is 0. The molecule has 2 nitrogen and oxygen atoms in total. The van der Waals surface area contributed by atoms with Crippen molar-refractivity contribution in [3.05, 3.63) is 11.5 Å². The highest BCUT2D eigenvalue weighted by Gasteiger charge is 1.89. The third kappa shape index (κ3) is 1.41. The molecule has 0 saturated heterocycles. The van der Waals surface area contributed by atoms with Gasteiger partial charge in [0, 0.05) is 0 Å². The number of halogens is 1. The summed E-state index contributed by atoms with van der Waals surface area (Å²) < 4.78 is 0. The van der Waals surface area contributed by atoms with Crippen LogP contribution in [0.25, 0.3) is 0 Å². The first-order chi connectivity index (χ1) is 3.39. The molecule has 1 aliphatic rings. The van der Waals surface area contributed by atoms with E-state index in [4.69, 9.17) is 11.6 Å². The number of hydrogen-bond acceptors (Lipinski definition) is 3. The van der Waals surface area contributed by atoms with Gasteiger partial charge in [-0.25, -0.2) is 4.83 Å². The molecule has 0 radical (unpaired) electrons. The second kappa shape index (κ2) is 2.23. The van der Waals surface area contributed by atoms with Gasteiger partial charge in [0.25, 0.3) is 0 Å². The van der Waals surface area contributed by atoms with Crippen molar-refractivity contribution in [2.24, 2.45) is 5.10 Å². The number of hydrogen-bond donors (Lipinski definition) is 1. The van der Waals surface area contributed by atoms with E-state index in [1.165, 1.54) is 11.9 Å². The quantitative estimate of drug-likeness (QED) is 0.505. The number of nitrogens with zero attached hydrogens (tertiary/aromatic N) is 1. The van der Waals surface area contributed by atoms with Crippen molar-refractivity contribution in [1.82, 2.24) is 4.83 Å². The Morgan fingerprint density at radius 1 is 1.86 bits per heavy atom. The highest BCUT2D eigenvalue weighted by atomic mass is 35.5. The molecule has 0 saturated carbocycles. The number of rotatable bonds is 0. The van der Waals surface area contributed by atoms with E-state index in [-0.39, 0.29) is 0 Å². The molecule has 1 N–H and O–H groups in total. The van der Waals surface area contributed by atoms with Gasteiger partial charge in [-0.05, 0) is 23.4 Å². The normalized spacial score (nSPS) is 18.1. The summed E-state index contributed by atoms with van der Waals surface area (Å²) in [7, 11) is 0. The van der Waals surface area contributed by atoms with Gasteiger partial charge in [-0.15, -0.1) is 0 Å². The van der Waals surface area contributed by atoms with Crippen LogP contribution in [0.2, 0.25) is 0 Å². The van der Waals surface area contributed by atoms with Gasteiger partial charge in [-0.1, -0.05) is 11.6 Å². The van der Waals surface area contributed by atoms with Gasteiger partial charge < -0.3 is 0 Å². The molecular weight excluding hydrogens is 132 g/mol. The van der Waals surface area contributed by atoms with Crippen LogP contribution in [0.4, 0.5) is 0 Å². The molecule has 0 aromatic heterocycles. The zero-order valence-electron chi connectivity index (χ0n) is 3.39. The largest absolute Gasteiger partial charge is 0.246 e. The van der Waals surface area contributed by atoms with Crippen molar-refractivity contribution in [1.29, 1.82) is 0 Å². The minimum Gasteiger partial charge on any atom is -0.246 e. The number of hydrazone groups is 1. The van der Waals surface area contributed by atoms with Crippen LogP contribution < -0.4 is 4.83 Å². The Morgan fingerprint density at radius 2 is 2.71 bits per heavy atom. The highest BCUT2D eigenvalue weighted by molar-refractivity contribution is 8.00. The predicted molar refractivity (Wildman–Crippen MR) is 33.2 cm³/mol. The third-order valence-electron chi connectivity index (χ3n) is 0.479. The van der Waals surface area contributed by atoms with E-state index in [0.29, 0.717) is 5.17 Å². The van der Waals surface area contributed by atoms with Gasteiger partial charge in [0.15, 0.2) is 5.17 Å². The van der Waals surface area contributed by atoms with Gasteiger partial charge in [0.05, 0.1) is 0 Å². The lowest BCUT2D eigenvalue weighted by Crippen LogP contribution is -1.97. The van der Waals surface area contributed by atoms with Crippen LogP contribution in [0.5, 0.6) is 0 Å². The van der Waals surface area contributed by atoms with E-state index in [1.807, 2.05) is 5.41 Å². The molecule has 0 unspecified atom stereocenters. The molecule has 0 bridgehead atoms. The lowest BCUT2D eigenvalue weighted by atomic mass is 10.7. The van der Waals surface area contributed by atoms with E-state index >= 15 is 0 Å². The summed E-state index contributed by atoms with van der Waals surface area (Å²) >= 11 is 6.80. The molecule has 38 valence electrons. The van der Waals surface area contributed by atoms with Crippen LogP contribution >= 0.6 is 23.5 Å². The van der Waals surface area contributed by atoms with E-state index in [2.05, 4.69) is 9.93 Å². The van der Waals surface area contributed by atoms with Crippen molar-refractivity contribution in [2.75, 3.05) is 0 Å². The Balaban J connectivity index is 2.58. The average molecular weight is 135 g/mol. The summed E-state index contributed by atoms with van der Waals surface area (Å²) in [6.07, 6.45) is 1.72. The molecule has 7 heavy (non-hydrogen) atoms. The van der Waals surface area contributed by atoms with Crippen LogP contribution in [0.3, 0.4) is 0 Å². The van der Waals surface area contributed by atoms with Gasteiger partial charge in [0.2, 0.25) is 0 Å². The van der Waals surface area contributed by atoms with E-state index in [0.717, 1.165) is 0 Å². The summed E-state index contributed by atoms with van der Waals surface area (Å²) in [5, 5.41) is 5.97. The first kappa shape index (κ1) is 5.00. The number of allylic oxidation sites excluding steroid dienone is 1. The molecule has 0 aromatic carbocycles. The lowest BCUT2D eigenvalue weighted by Gasteiger charge is -1.96. The Kier molecular flexibility index (Phi) is 1.59. The van der Waals surface area contributed by atoms with E-state index < -0.39 is 0 Å². The van der Waals surface area contributed by atoms with Crippen LogP contribution in [-0.4, -0.2) is 5.17 Å². The zero-order chi connectivity index (χ0) is 5.11. The maximum atomic E-state index is 5.40. The second-order valence-electron chi connectivity index (χ2n) is 0.946. The molecule has 1 rings (SSSR count). The molecule has 0 fully saturated rings. The summed E-state index contributed by atoms with van der Waals surface area (Å²) in [4.78, 5) is 2.62. The van der Waals surface area contributed by atoms with Crippen LogP contribution in [0.1, 0.15) is 0 Å². The van der Waals surface area contributed by atoms with E-state index in [1.54, 1.807) is 6.08 Å². The van der Waals surface area contributed by atoms with Crippen molar-refractivity contribution < 1.29 is 0 Å². The molecule has 4 heteroatoms. The molecule has 0 amide bonds. The van der Waals surface area contributed by atoms with Crippen molar-refractivity contribution >= 4 is 28.7 Å². The highest BCUT2D eigenvalue weighted by Crippen LogP contribution is 2.03. The molecule has 1 heterocycles. The third-order valence-corrected chi connectivity index (χ3v) is 1.16. The van der Waals surface area contributed by atoms with Crippen molar-refractivity contribution in [3.63, 3.8) is 0 Å². The predicted octanol–water partition coefficient (Wildman–Crippen LogP) is 1.30. The molecule has 0 atom stereocenters. The topological polar surface area (TPSA) is 24.4 Å². The smallest absolute Gasteiger partial charge is 0.150 e. The molecule has 0 aliphatic carbocycles. The maximum absolute atomic E-state index is 5.40. The standard InChI is InChI=1S/C3H3ClN2S/c4-3-1-2-7-6-5-3/h1-2,6H. The van der Waals surface area contributed by atoms with E-state index in [9.17, 15) is 0 Å². The monoisotopic (exact) mass is 134 g/mol. The lowest BCUT2D eigenvalue weighted by molar-refractivity contribution is 1.13. The summed E-state index contributed by atoms with van der Waals surface area (Å²) in [5.74, 6) is 0. The molecule has 1 aliphatic heterocycles. The van der Waals surface area contributed by atoms with Crippen molar-refractivity contribution in [2.45, 2.75) is 0 Å². The van der Waals surface area contributed by atoms with Crippen LogP contribution in [0, 0.1) is 0 Å². The van der Waals surface area contributed by atoms with Crippen LogP contribution in [-0.2, 0) is 0 Å². The molecular formula is C3H3ClN2S. The number of nitrogens with one attached hydrogen (secondary N) is 1. The van der Waals surface area contributed by atoms with Gasteiger partial charge in [-0.2, -0.15) is 5.10 Å². The molecule has 0 spiro atoms. The molecule has 0 aromatic rings. The average Bonchev–Trinajstić information content (AvgIpc) is 1.69. The summed E-state index contributed by atoms with van der Waals surface area (Å²) in [6.45, 7) is 0. The Morgan fingerprint density at radius 3 is 3.00 bits per heavy atom. The van der Waals surface area contributed by atoms with Crippen LogP contribution in [0.15, 0.2) is 16.6 Å². The fourth-order valence-electron chi connectivity index (χ4n) is 0.228. The van der Waals surface area contributed by atoms with Gasteiger partial charge in [0.1, 0.15) is 0 Å². The minimum atomic E-state index is 0.499. The Labute approximate surface area is 50.8 Å². The zero-order valence-corrected chi connectivity index (χ0v) is 4.96. The SMILES string of the molecule is ClC1=NNSC=C1. The first-order valence-electron chi connectivity index (χ1n) is 1.70. The Hall–Kier alpha value is -0.150. The first-order valence-corrected chi connectivity index (χ1v) is 2.96. The maximum Gasteiger partial charge on any atom is 0.150 e. The fourth-order valence-corrected chi connectivity index (χ4v) is 0.867. The van der Waals surface area contributed by atoms with Gasteiger partial charge in [-0.3, -0.25) is 0 Å².